The molecule has 1 aliphatic heterocycles. The Morgan fingerprint density at radius 3 is 1.96 bits per heavy atom. The molecule has 0 radical (unpaired) electrons. The van der Waals surface area contributed by atoms with Crippen molar-refractivity contribution in [2.75, 3.05) is 19.8 Å². The van der Waals surface area contributed by atoms with E-state index in [1.165, 1.54) is 24.2 Å². The Balaban J connectivity index is 1.57. The van der Waals surface area contributed by atoms with Crippen molar-refractivity contribution in [1.82, 2.24) is 4.90 Å². The summed E-state index contributed by atoms with van der Waals surface area (Å²) in [5.41, 5.74) is 1.07. The molecule has 126 valence electrons. The monoisotopic (exact) mass is 317 g/mol. The summed E-state index contributed by atoms with van der Waals surface area (Å²) < 4.78 is 5.60. The molecule has 1 aliphatic rings. The van der Waals surface area contributed by atoms with Crippen LogP contribution in [0.5, 0.6) is 0 Å². The van der Waals surface area contributed by atoms with Crippen LogP contribution in [0.25, 0.3) is 0 Å². The van der Waals surface area contributed by atoms with Gasteiger partial charge in [-0.25, -0.2) is 0 Å². The minimum absolute atomic E-state index is 0.155. The summed E-state index contributed by atoms with van der Waals surface area (Å²) in [6, 6.07) is 7.04. The van der Waals surface area contributed by atoms with Crippen LogP contribution in [-0.4, -0.2) is 36.5 Å². The van der Waals surface area contributed by atoms with Crippen LogP contribution < -0.4 is 0 Å². The number of hydrogen-bond acceptors (Lipinski definition) is 3. The number of hydrogen-bond donors (Lipinski definition) is 0. The van der Waals surface area contributed by atoms with Gasteiger partial charge in [-0.3, -0.25) is 14.5 Å². The molecule has 0 N–H and O–H groups in total. The first-order chi connectivity index (χ1) is 11.3. The van der Waals surface area contributed by atoms with Gasteiger partial charge in [0.05, 0.1) is 11.1 Å². The number of unbranched alkanes of at least 4 members (excludes halogenated alkanes) is 5. The highest BCUT2D eigenvalue weighted by atomic mass is 16.5. The fourth-order valence-corrected chi connectivity index (χ4v) is 2.83. The van der Waals surface area contributed by atoms with Crippen LogP contribution >= 0.6 is 0 Å². The van der Waals surface area contributed by atoms with Crippen molar-refractivity contribution in [2.24, 2.45) is 0 Å². The number of nitrogens with zero attached hydrogens (tertiary/aromatic N) is 1. The lowest BCUT2D eigenvalue weighted by Crippen LogP contribution is -2.30. The molecular formula is C19H27NO3. The van der Waals surface area contributed by atoms with Gasteiger partial charge in [-0.2, -0.15) is 0 Å². The average molecular weight is 317 g/mol. The van der Waals surface area contributed by atoms with Crippen molar-refractivity contribution in [3.63, 3.8) is 0 Å². The number of fused-ring (bicyclic) bond motifs is 1. The lowest BCUT2D eigenvalue weighted by molar-refractivity contribution is 0.0649. The zero-order valence-electron chi connectivity index (χ0n) is 14.1. The number of amides is 2. The second-order valence-corrected chi connectivity index (χ2v) is 6.04. The third-order valence-electron chi connectivity index (χ3n) is 4.19. The van der Waals surface area contributed by atoms with E-state index in [1.807, 2.05) is 0 Å². The van der Waals surface area contributed by atoms with Gasteiger partial charge >= 0.3 is 0 Å². The first-order valence-electron chi connectivity index (χ1n) is 8.78. The van der Waals surface area contributed by atoms with E-state index in [0.29, 0.717) is 17.7 Å². The molecule has 0 aliphatic carbocycles. The summed E-state index contributed by atoms with van der Waals surface area (Å²) >= 11 is 0. The molecule has 0 bridgehead atoms. The predicted octanol–water partition coefficient (Wildman–Crippen LogP) is 4.05. The average Bonchev–Trinajstić information content (AvgIpc) is 2.81. The zero-order valence-corrected chi connectivity index (χ0v) is 14.1. The smallest absolute Gasteiger partial charge is 0.261 e. The Labute approximate surface area is 138 Å². The first kappa shape index (κ1) is 17.7. The second kappa shape index (κ2) is 9.46. The quantitative estimate of drug-likeness (QED) is 0.457. The van der Waals surface area contributed by atoms with E-state index in [0.717, 1.165) is 38.9 Å². The molecule has 0 saturated heterocycles. The van der Waals surface area contributed by atoms with E-state index in [9.17, 15) is 9.59 Å². The normalized spacial score (nSPS) is 13.7. The molecule has 0 unspecified atom stereocenters. The Hall–Kier alpha value is -1.68. The van der Waals surface area contributed by atoms with Gasteiger partial charge in [0.15, 0.2) is 0 Å². The zero-order chi connectivity index (χ0) is 16.5. The Kier molecular flexibility index (Phi) is 7.27. The summed E-state index contributed by atoms with van der Waals surface area (Å²) in [4.78, 5) is 25.7. The molecule has 23 heavy (non-hydrogen) atoms. The highest BCUT2D eigenvalue weighted by molar-refractivity contribution is 6.21. The fourth-order valence-electron chi connectivity index (χ4n) is 2.83. The Morgan fingerprint density at radius 2 is 1.39 bits per heavy atom. The molecule has 0 atom stereocenters. The van der Waals surface area contributed by atoms with Crippen LogP contribution in [0.3, 0.4) is 0 Å². The minimum atomic E-state index is -0.155. The molecule has 1 aromatic carbocycles. The van der Waals surface area contributed by atoms with E-state index in [4.69, 9.17) is 4.74 Å². The van der Waals surface area contributed by atoms with Crippen molar-refractivity contribution in [1.29, 1.82) is 0 Å². The number of rotatable bonds is 11. The van der Waals surface area contributed by atoms with Gasteiger partial charge in [0, 0.05) is 19.8 Å². The lowest BCUT2D eigenvalue weighted by atomic mass is 10.1. The molecule has 4 heteroatoms. The van der Waals surface area contributed by atoms with Crippen molar-refractivity contribution < 1.29 is 14.3 Å². The van der Waals surface area contributed by atoms with Crippen LogP contribution in [0.15, 0.2) is 24.3 Å². The lowest BCUT2D eigenvalue weighted by Gasteiger charge is -2.13. The number of benzene rings is 1. The van der Waals surface area contributed by atoms with Crippen LogP contribution in [0, 0.1) is 0 Å². The molecule has 0 aromatic heterocycles. The second-order valence-electron chi connectivity index (χ2n) is 6.04. The molecule has 2 rings (SSSR count). The van der Waals surface area contributed by atoms with Crippen molar-refractivity contribution in [2.45, 2.75) is 51.9 Å². The summed E-state index contributed by atoms with van der Waals surface area (Å²) in [7, 11) is 0. The number of imide groups is 1. The SMILES string of the molecule is CCCCCCOCCCCCN1C(=O)c2ccccc2C1=O. The molecule has 4 nitrogen and oxygen atoms in total. The van der Waals surface area contributed by atoms with Crippen LogP contribution in [-0.2, 0) is 4.74 Å². The van der Waals surface area contributed by atoms with Crippen molar-refractivity contribution in [3.05, 3.63) is 35.4 Å². The van der Waals surface area contributed by atoms with E-state index in [1.54, 1.807) is 24.3 Å². The van der Waals surface area contributed by atoms with E-state index < -0.39 is 0 Å². The fraction of sp³-hybridized carbons (Fsp3) is 0.579. The first-order valence-corrected chi connectivity index (χ1v) is 8.78. The molecular weight excluding hydrogens is 290 g/mol. The topological polar surface area (TPSA) is 46.6 Å². The molecule has 1 aromatic rings. The van der Waals surface area contributed by atoms with Crippen molar-refractivity contribution >= 4 is 11.8 Å². The third kappa shape index (κ3) is 4.90. The van der Waals surface area contributed by atoms with Gasteiger partial charge in [0.25, 0.3) is 11.8 Å². The minimum Gasteiger partial charge on any atom is -0.381 e. The number of ether oxygens (including phenoxy) is 1. The van der Waals surface area contributed by atoms with Gasteiger partial charge in [-0.15, -0.1) is 0 Å². The predicted molar refractivity (Wildman–Crippen MR) is 90.6 cm³/mol. The molecule has 0 saturated carbocycles. The standard InChI is InChI=1S/C19H27NO3/c1-2-3-4-9-14-23-15-10-5-8-13-20-18(21)16-11-6-7-12-17(16)19(20)22/h6-7,11-12H,2-5,8-10,13-15H2,1H3. The summed E-state index contributed by atoms with van der Waals surface area (Å²) in [5, 5.41) is 0. The molecule has 2 amide bonds. The highest BCUT2D eigenvalue weighted by Crippen LogP contribution is 2.22. The number of carbonyl (C=O) groups is 2. The largest absolute Gasteiger partial charge is 0.381 e. The summed E-state index contributed by atoms with van der Waals surface area (Å²) in [5.74, 6) is -0.310. The maximum absolute atomic E-state index is 12.2. The van der Waals surface area contributed by atoms with Crippen molar-refractivity contribution in [3.8, 4) is 0 Å². The van der Waals surface area contributed by atoms with E-state index in [-0.39, 0.29) is 11.8 Å². The third-order valence-corrected chi connectivity index (χ3v) is 4.19. The van der Waals surface area contributed by atoms with E-state index in [2.05, 4.69) is 6.92 Å². The Bertz CT molecular complexity index is 492. The van der Waals surface area contributed by atoms with Crippen LogP contribution in [0.1, 0.15) is 72.6 Å². The highest BCUT2D eigenvalue weighted by Gasteiger charge is 2.34. The van der Waals surface area contributed by atoms with Gasteiger partial charge in [0.1, 0.15) is 0 Å². The summed E-state index contributed by atoms with van der Waals surface area (Å²) in [6.07, 6.45) is 7.71. The Morgan fingerprint density at radius 1 is 0.826 bits per heavy atom. The van der Waals surface area contributed by atoms with Crippen LogP contribution in [0.2, 0.25) is 0 Å². The maximum atomic E-state index is 12.2. The van der Waals surface area contributed by atoms with Gasteiger partial charge in [-0.05, 0) is 37.8 Å². The molecule has 0 fully saturated rings. The summed E-state index contributed by atoms with van der Waals surface area (Å²) in [6.45, 7) is 4.32. The molecule has 1 heterocycles. The van der Waals surface area contributed by atoms with E-state index >= 15 is 0 Å². The number of carbonyl (C=O) groups excluding carboxylic acids is 2. The maximum Gasteiger partial charge on any atom is 0.261 e. The van der Waals surface area contributed by atoms with Gasteiger partial charge in [0.2, 0.25) is 0 Å². The molecule has 0 spiro atoms. The van der Waals surface area contributed by atoms with Gasteiger partial charge in [-0.1, -0.05) is 38.3 Å². The van der Waals surface area contributed by atoms with Gasteiger partial charge < -0.3 is 4.74 Å². The van der Waals surface area contributed by atoms with Crippen LogP contribution in [0.4, 0.5) is 0 Å².